The molecular weight excluding hydrogens is 492 g/mol. The Morgan fingerprint density at radius 1 is 1.15 bits per heavy atom. The number of carboxylic acid groups (broad SMARTS) is 1. The van der Waals surface area contributed by atoms with Crippen LogP contribution >= 0.6 is 0 Å². The summed E-state index contributed by atoms with van der Waals surface area (Å²) in [5.41, 5.74) is 4.31. The molecule has 0 spiro atoms. The Labute approximate surface area is 228 Å². The fourth-order valence-electron chi connectivity index (χ4n) is 4.48. The van der Waals surface area contributed by atoms with E-state index in [4.69, 9.17) is 4.98 Å². The summed E-state index contributed by atoms with van der Waals surface area (Å²) in [7, 11) is 3.71. The van der Waals surface area contributed by atoms with Crippen LogP contribution in [0.15, 0.2) is 64.8 Å². The van der Waals surface area contributed by atoms with Gasteiger partial charge in [0.05, 0.1) is 12.0 Å². The Bertz CT molecular complexity index is 1480. The molecular formula is C30H34N6O3. The Kier molecular flexibility index (Phi) is 7.53. The van der Waals surface area contributed by atoms with Crippen LogP contribution in [-0.4, -0.2) is 59.6 Å². The number of nitrogens with one attached hydrogen (secondary N) is 1. The van der Waals surface area contributed by atoms with Gasteiger partial charge < -0.3 is 15.3 Å². The van der Waals surface area contributed by atoms with Crippen molar-refractivity contribution in [3.05, 3.63) is 77.0 Å². The van der Waals surface area contributed by atoms with Crippen molar-refractivity contribution in [2.75, 3.05) is 24.3 Å². The summed E-state index contributed by atoms with van der Waals surface area (Å²) in [6, 6.07) is 17.1. The number of aliphatic carboxylic acids is 1. The number of hydrogen-bond donors (Lipinski definition) is 2. The Hall–Kier alpha value is -4.53. The largest absolute Gasteiger partial charge is 0.481 e. The van der Waals surface area contributed by atoms with E-state index in [0.29, 0.717) is 35.0 Å². The first-order valence-corrected chi connectivity index (χ1v) is 12.7. The summed E-state index contributed by atoms with van der Waals surface area (Å²) in [5.74, 6) is 0.0691. The third-order valence-corrected chi connectivity index (χ3v) is 7.28. The van der Waals surface area contributed by atoms with Crippen LogP contribution in [0.4, 0.5) is 11.5 Å². The van der Waals surface area contributed by atoms with Crippen LogP contribution in [0.25, 0.3) is 11.1 Å². The summed E-state index contributed by atoms with van der Waals surface area (Å²) >= 11 is 0. The first-order valence-electron chi connectivity index (χ1n) is 12.7. The van der Waals surface area contributed by atoms with E-state index in [9.17, 15) is 14.7 Å². The van der Waals surface area contributed by atoms with Crippen molar-refractivity contribution in [2.45, 2.75) is 45.7 Å². The molecule has 0 unspecified atom stereocenters. The lowest BCUT2D eigenvalue weighted by atomic mass is 9.83. The van der Waals surface area contributed by atoms with Crippen LogP contribution < -0.4 is 10.2 Å². The summed E-state index contributed by atoms with van der Waals surface area (Å²) < 4.78 is 0. The molecule has 0 saturated heterocycles. The van der Waals surface area contributed by atoms with Gasteiger partial charge in [0.2, 0.25) is 0 Å². The molecule has 0 bridgehead atoms. The summed E-state index contributed by atoms with van der Waals surface area (Å²) in [5, 5.41) is 20.7. The second-order valence-electron chi connectivity index (χ2n) is 10.4. The molecule has 0 saturated carbocycles. The lowest BCUT2D eigenvalue weighted by molar-refractivity contribution is -0.142. The third kappa shape index (κ3) is 5.12. The molecule has 2 heterocycles. The van der Waals surface area contributed by atoms with Crippen LogP contribution in [0.3, 0.4) is 0 Å². The molecule has 9 nitrogen and oxygen atoms in total. The molecule has 39 heavy (non-hydrogen) atoms. The molecule has 1 amide bonds. The van der Waals surface area contributed by atoms with Crippen LogP contribution in [0.5, 0.6) is 0 Å². The number of benzene rings is 2. The van der Waals surface area contributed by atoms with Gasteiger partial charge in [-0.3, -0.25) is 14.5 Å². The zero-order valence-electron chi connectivity index (χ0n) is 23.2. The van der Waals surface area contributed by atoms with E-state index in [1.165, 1.54) is 0 Å². The topological polar surface area (TPSA) is 110 Å². The van der Waals surface area contributed by atoms with Gasteiger partial charge in [-0.05, 0) is 68.7 Å². The predicted octanol–water partition coefficient (Wildman–Crippen LogP) is 5.02. The summed E-state index contributed by atoms with van der Waals surface area (Å²) in [6.45, 7) is 11.3. The van der Waals surface area contributed by atoms with Gasteiger partial charge in [-0.1, -0.05) is 30.3 Å². The molecule has 1 aromatic heterocycles. The monoisotopic (exact) mass is 526 g/mol. The van der Waals surface area contributed by atoms with E-state index < -0.39 is 11.4 Å². The summed E-state index contributed by atoms with van der Waals surface area (Å²) in [4.78, 5) is 33.7. The molecule has 0 atom stereocenters. The summed E-state index contributed by atoms with van der Waals surface area (Å²) in [6.07, 6.45) is 0. The van der Waals surface area contributed by atoms with Crippen molar-refractivity contribution in [1.29, 1.82) is 0 Å². The zero-order chi connectivity index (χ0) is 28.5. The minimum Gasteiger partial charge on any atom is -0.481 e. The number of anilines is 2. The van der Waals surface area contributed by atoms with Crippen molar-refractivity contribution in [2.24, 2.45) is 10.2 Å². The lowest BCUT2D eigenvalue weighted by Crippen LogP contribution is -2.34. The fraction of sp³-hybridized carbons (Fsp3) is 0.300. The Balaban J connectivity index is 1.67. The number of rotatable bonds is 8. The fourth-order valence-corrected chi connectivity index (χ4v) is 4.48. The highest BCUT2D eigenvalue weighted by atomic mass is 16.4. The van der Waals surface area contributed by atoms with Gasteiger partial charge in [0.1, 0.15) is 11.5 Å². The Morgan fingerprint density at radius 3 is 2.54 bits per heavy atom. The normalized spacial score (nSPS) is 13.5. The van der Waals surface area contributed by atoms with Gasteiger partial charge in [0.15, 0.2) is 5.84 Å². The maximum atomic E-state index is 13.6. The number of amidine groups is 1. The van der Waals surface area contributed by atoms with E-state index in [2.05, 4.69) is 22.2 Å². The number of nitrogens with zero attached hydrogens (tertiary/aromatic N) is 5. The third-order valence-electron chi connectivity index (χ3n) is 7.28. The zero-order valence-corrected chi connectivity index (χ0v) is 23.2. The standard InChI is InChI=1S/C30H34N6O3/c1-18(2)35(7)27(34-32-6)24-9-8-10-26(33-24)36-17-20-12-11-19(15-23(20)28(36)37)22-14-13-21(16-25(22)31-5)30(3,4)29(38)39/h8-16,18,31H,6,17H2,1-5,7H3,(H,38,39)/b34-27-. The molecule has 2 aromatic carbocycles. The number of carbonyl (C=O) groups is 2. The van der Waals surface area contributed by atoms with Crippen LogP contribution in [0.2, 0.25) is 0 Å². The quantitative estimate of drug-likeness (QED) is 0.242. The molecule has 3 aromatic rings. The van der Waals surface area contributed by atoms with Gasteiger partial charge in [-0.2, -0.15) is 5.10 Å². The molecule has 4 rings (SSSR count). The van der Waals surface area contributed by atoms with Gasteiger partial charge in [-0.25, -0.2) is 4.98 Å². The Morgan fingerprint density at radius 2 is 1.90 bits per heavy atom. The number of hydrogen-bond acceptors (Lipinski definition) is 6. The highest BCUT2D eigenvalue weighted by Crippen LogP contribution is 2.36. The molecule has 0 radical (unpaired) electrons. The molecule has 0 fully saturated rings. The van der Waals surface area contributed by atoms with Crippen molar-refractivity contribution in [3.8, 4) is 11.1 Å². The van der Waals surface area contributed by atoms with E-state index in [-0.39, 0.29) is 11.9 Å². The van der Waals surface area contributed by atoms with E-state index in [1.807, 2.05) is 80.4 Å². The van der Waals surface area contributed by atoms with E-state index in [1.54, 1.807) is 25.8 Å². The number of carboxylic acids is 1. The highest BCUT2D eigenvalue weighted by molar-refractivity contribution is 6.10. The highest BCUT2D eigenvalue weighted by Gasteiger charge is 2.32. The van der Waals surface area contributed by atoms with Crippen LogP contribution in [-0.2, 0) is 16.8 Å². The molecule has 1 aliphatic rings. The number of pyridine rings is 1. The van der Waals surface area contributed by atoms with Crippen LogP contribution in [0, 0.1) is 0 Å². The molecule has 202 valence electrons. The number of aromatic nitrogens is 1. The minimum atomic E-state index is -1.03. The van der Waals surface area contributed by atoms with Crippen molar-refractivity contribution < 1.29 is 14.7 Å². The van der Waals surface area contributed by atoms with E-state index in [0.717, 1.165) is 22.4 Å². The van der Waals surface area contributed by atoms with Gasteiger partial charge in [0.25, 0.3) is 5.91 Å². The second-order valence-corrected chi connectivity index (χ2v) is 10.4. The predicted molar refractivity (Wildman–Crippen MR) is 156 cm³/mol. The average molecular weight is 527 g/mol. The minimum absolute atomic E-state index is 0.135. The smallest absolute Gasteiger partial charge is 0.313 e. The maximum absolute atomic E-state index is 13.6. The SMILES string of the molecule is C=N/N=C(/c1cccc(N2Cc3ccc(-c4ccc(C(C)(C)C(=O)O)cc4NC)cc3C2=O)n1)N(C)C(C)C. The van der Waals surface area contributed by atoms with Crippen molar-refractivity contribution in [3.63, 3.8) is 0 Å². The maximum Gasteiger partial charge on any atom is 0.313 e. The van der Waals surface area contributed by atoms with Gasteiger partial charge in [0, 0.05) is 43.7 Å². The average Bonchev–Trinajstić information content (AvgIpc) is 3.26. The molecule has 9 heteroatoms. The van der Waals surface area contributed by atoms with Crippen LogP contribution in [0.1, 0.15) is 54.9 Å². The lowest BCUT2D eigenvalue weighted by Gasteiger charge is -2.24. The number of fused-ring (bicyclic) bond motifs is 1. The molecule has 1 aliphatic heterocycles. The van der Waals surface area contributed by atoms with Crippen molar-refractivity contribution in [1.82, 2.24) is 9.88 Å². The molecule has 0 aliphatic carbocycles. The first-order chi connectivity index (χ1) is 18.5. The number of carbonyl (C=O) groups excluding carboxylic acids is 1. The number of amides is 1. The first kappa shape index (κ1) is 27.5. The van der Waals surface area contributed by atoms with E-state index >= 15 is 0 Å². The second kappa shape index (κ2) is 10.7. The van der Waals surface area contributed by atoms with Gasteiger partial charge in [-0.15, -0.1) is 5.10 Å². The van der Waals surface area contributed by atoms with Gasteiger partial charge >= 0.3 is 5.97 Å². The molecule has 2 N–H and O–H groups in total. The van der Waals surface area contributed by atoms with Crippen molar-refractivity contribution >= 4 is 35.9 Å².